The fraction of sp³-hybridized carbons (Fsp3) is 0.561. The molecular formula is C57H74ClN9O6S. The summed E-state index contributed by atoms with van der Waals surface area (Å²) in [5.74, 6) is 1.25. The number of nitrogens with zero attached hydrogens (tertiary/aromatic N) is 7. The number of aliphatic hydroxyl groups excluding tert-OH is 1. The molecule has 4 aromatic rings. The first-order valence-corrected chi connectivity index (χ1v) is 27.4. The van der Waals surface area contributed by atoms with E-state index in [1.165, 1.54) is 4.90 Å². The number of aliphatic hydroxyl groups is 1. The second kappa shape index (κ2) is 22.4. The van der Waals surface area contributed by atoms with E-state index in [0.29, 0.717) is 34.2 Å². The number of halogens is 1. The molecule has 0 unspecified atom stereocenters. The Hall–Kier alpha value is -5.44. The number of nitrogens with one attached hydrogen (secondary N) is 2. The number of amides is 3. The Kier molecular flexibility index (Phi) is 16.6. The van der Waals surface area contributed by atoms with Gasteiger partial charge < -0.3 is 35.2 Å². The lowest BCUT2D eigenvalue weighted by molar-refractivity contribution is -0.196. The zero-order valence-electron chi connectivity index (χ0n) is 44.5. The number of hydrogen-bond donors (Lipinski definition) is 3. The van der Waals surface area contributed by atoms with Crippen LogP contribution < -0.4 is 20.3 Å². The number of hydrogen-bond acceptors (Lipinski definition) is 13. The molecule has 1 aliphatic carbocycles. The van der Waals surface area contributed by atoms with E-state index in [9.17, 15) is 29.5 Å². The van der Waals surface area contributed by atoms with Crippen LogP contribution in [0.3, 0.4) is 0 Å². The van der Waals surface area contributed by atoms with Crippen molar-refractivity contribution in [3.63, 3.8) is 0 Å². The summed E-state index contributed by atoms with van der Waals surface area (Å²) < 4.78 is 6.43. The van der Waals surface area contributed by atoms with Crippen molar-refractivity contribution < 1.29 is 29.0 Å². The van der Waals surface area contributed by atoms with Crippen molar-refractivity contribution in [2.45, 2.75) is 118 Å². The number of carbonyl (C=O) groups excluding carboxylic acids is 4. The van der Waals surface area contributed by atoms with Gasteiger partial charge in [0, 0.05) is 93.9 Å². The monoisotopic (exact) mass is 1050 g/mol. The van der Waals surface area contributed by atoms with Gasteiger partial charge >= 0.3 is 0 Å². The molecule has 15 nitrogen and oxygen atoms in total. The van der Waals surface area contributed by atoms with Gasteiger partial charge in [0.05, 0.1) is 45.4 Å². The minimum atomic E-state index is -0.894. The highest BCUT2D eigenvalue weighted by molar-refractivity contribution is 7.13. The van der Waals surface area contributed by atoms with Crippen molar-refractivity contribution in [1.29, 1.82) is 5.26 Å². The fourth-order valence-electron chi connectivity index (χ4n) is 12.1. The minimum absolute atomic E-state index is 0.0160. The number of pyridine rings is 1. The predicted molar refractivity (Wildman–Crippen MR) is 289 cm³/mol. The summed E-state index contributed by atoms with van der Waals surface area (Å²) >= 11 is 7.87. The topological polar surface area (TPSA) is 184 Å². The molecule has 3 amide bonds. The third-order valence-electron chi connectivity index (χ3n) is 16.3. The molecule has 4 atom stereocenters. The average molecular weight is 1050 g/mol. The van der Waals surface area contributed by atoms with Crippen molar-refractivity contribution >= 4 is 52.3 Å². The summed E-state index contributed by atoms with van der Waals surface area (Å²) in [6.07, 6.45) is 3.31. The molecule has 4 fully saturated rings. The molecule has 17 heteroatoms. The van der Waals surface area contributed by atoms with Crippen LogP contribution >= 0.6 is 22.9 Å². The Balaban J connectivity index is 0.758. The van der Waals surface area contributed by atoms with Crippen LogP contribution in [0, 0.1) is 46.3 Å². The van der Waals surface area contributed by atoms with Crippen molar-refractivity contribution in [2.75, 3.05) is 63.8 Å². The first-order valence-electron chi connectivity index (χ1n) is 26.2. The number of ether oxygens (including phenoxy) is 1. The molecule has 3 N–H and O–H groups in total. The predicted octanol–water partition coefficient (Wildman–Crippen LogP) is 7.95. The summed E-state index contributed by atoms with van der Waals surface area (Å²) in [7, 11) is 0. The van der Waals surface area contributed by atoms with Gasteiger partial charge in [-0.25, -0.2) is 9.97 Å². The van der Waals surface area contributed by atoms with Gasteiger partial charge in [0.2, 0.25) is 17.7 Å². The molecule has 0 radical (unpaired) electrons. The van der Waals surface area contributed by atoms with Gasteiger partial charge in [-0.15, -0.1) is 11.3 Å². The number of anilines is 1. The molecule has 8 rings (SSSR count). The molecule has 0 bridgehead atoms. The molecule has 5 heterocycles. The van der Waals surface area contributed by atoms with Gasteiger partial charge in [0.1, 0.15) is 35.8 Å². The molecule has 2 aromatic carbocycles. The van der Waals surface area contributed by atoms with Gasteiger partial charge in [-0.1, -0.05) is 84.3 Å². The lowest BCUT2D eigenvalue weighted by Gasteiger charge is -2.63. The maximum atomic E-state index is 14.3. The molecule has 396 valence electrons. The van der Waals surface area contributed by atoms with E-state index < -0.39 is 23.6 Å². The first-order chi connectivity index (χ1) is 35.0. The van der Waals surface area contributed by atoms with Crippen LogP contribution in [0.15, 0.2) is 66.3 Å². The highest BCUT2D eigenvalue weighted by atomic mass is 35.5. The number of likely N-dealkylation sites (tertiary alicyclic amines) is 1. The van der Waals surface area contributed by atoms with Crippen molar-refractivity contribution in [3.05, 3.63) is 93.7 Å². The largest absolute Gasteiger partial charge is 0.489 e. The van der Waals surface area contributed by atoms with Crippen LogP contribution in [-0.2, 0) is 14.4 Å². The van der Waals surface area contributed by atoms with Gasteiger partial charge in [0.25, 0.3) is 0 Å². The SMILES string of the molecule is Cc1ncsc1-c1ccc([C@H](C)NC(=O)[C@@H]2C[C@@H](O)CN2C(=O)[C@@H](NC(=O)CN2CCN(CC3CCN(c4ccc(C(=O)CC5C(C)(C)C(Oc6ccc(C#N)c(Cl)c6)C5(C)C)cn4)CC3)CC2)C(C)(C)C)cc1. The van der Waals surface area contributed by atoms with Gasteiger partial charge in [-0.3, -0.25) is 24.1 Å². The molecule has 4 aliphatic rings. The molecule has 74 heavy (non-hydrogen) atoms. The summed E-state index contributed by atoms with van der Waals surface area (Å²) in [5.41, 5.74) is 4.60. The zero-order chi connectivity index (χ0) is 53.3. The van der Waals surface area contributed by atoms with E-state index in [1.807, 2.05) is 76.5 Å². The number of piperazine rings is 1. The minimum Gasteiger partial charge on any atom is -0.489 e. The average Bonchev–Trinajstić information content (AvgIpc) is 3.99. The number of nitriles is 1. The van der Waals surface area contributed by atoms with Crippen molar-refractivity contribution in [1.82, 2.24) is 35.3 Å². The highest BCUT2D eigenvalue weighted by Crippen LogP contribution is 2.62. The van der Waals surface area contributed by atoms with E-state index in [4.69, 9.17) is 21.3 Å². The summed E-state index contributed by atoms with van der Waals surface area (Å²) in [5, 5.41) is 26.5. The summed E-state index contributed by atoms with van der Waals surface area (Å²) in [6.45, 7) is 24.3. The highest BCUT2D eigenvalue weighted by Gasteiger charge is 2.63. The Bertz CT molecular complexity index is 2680. The Morgan fingerprint density at radius 3 is 2.20 bits per heavy atom. The first kappa shape index (κ1) is 54.8. The van der Waals surface area contributed by atoms with Crippen molar-refractivity contribution in [2.24, 2.45) is 28.1 Å². The van der Waals surface area contributed by atoms with Gasteiger partial charge in [-0.05, 0) is 79.3 Å². The van der Waals surface area contributed by atoms with E-state index in [0.717, 1.165) is 86.2 Å². The van der Waals surface area contributed by atoms with Crippen LogP contribution in [0.2, 0.25) is 5.02 Å². The molecule has 3 saturated heterocycles. The second-order valence-corrected chi connectivity index (χ2v) is 24.6. The quantitative estimate of drug-likeness (QED) is 0.0923. The summed E-state index contributed by atoms with van der Waals surface area (Å²) in [4.78, 5) is 74.0. The third kappa shape index (κ3) is 12.1. The molecular weight excluding hydrogens is 974 g/mol. The van der Waals surface area contributed by atoms with E-state index in [2.05, 4.69) is 64.1 Å². The van der Waals surface area contributed by atoms with Crippen LogP contribution in [0.5, 0.6) is 5.75 Å². The number of Topliss-reactive ketones (excluding diaryl/α,β-unsaturated/α-hetero) is 1. The van der Waals surface area contributed by atoms with E-state index in [-0.39, 0.29) is 71.9 Å². The Morgan fingerprint density at radius 2 is 1.61 bits per heavy atom. The van der Waals surface area contributed by atoms with Crippen LogP contribution in [0.1, 0.15) is 114 Å². The molecule has 3 aliphatic heterocycles. The Morgan fingerprint density at radius 1 is 0.932 bits per heavy atom. The number of rotatable bonds is 16. The number of benzene rings is 2. The number of β-amino-alcohol motifs (C(OH)–C–C–N with tert-alkyl or cyclic N) is 1. The van der Waals surface area contributed by atoms with E-state index in [1.54, 1.807) is 35.7 Å². The van der Waals surface area contributed by atoms with Crippen LogP contribution in [0.4, 0.5) is 5.82 Å². The number of piperidine rings is 1. The second-order valence-electron chi connectivity index (χ2n) is 23.4. The molecule has 2 aromatic heterocycles. The maximum absolute atomic E-state index is 14.3. The van der Waals surface area contributed by atoms with Crippen molar-refractivity contribution in [3.8, 4) is 22.3 Å². The number of ketones is 1. The van der Waals surface area contributed by atoms with Crippen LogP contribution in [0.25, 0.3) is 10.4 Å². The fourth-order valence-corrected chi connectivity index (χ4v) is 13.1. The number of thiazole rings is 1. The smallest absolute Gasteiger partial charge is 0.246 e. The number of aryl methyl sites for hydroxylation is 1. The lowest BCUT2D eigenvalue weighted by Crippen LogP contribution is -2.66. The van der Waals surface area contributed by atoms with Crippen LogP contribution in [-0.4, -0.2) is 136 Å². The van der Waals surface area contributed by atoms with E-state index >= 15 is 0 Å². The summed E-state index contributed by atoms with van der Waals surface area (Å²) in [6, 6.07) is 17.0. The standard InChI is InChI=1S/C57H74ClN9O6S/c1-35(38-10-12-39(13-11-38)50-36(2)61-34-74-50)62-52(71)45-26-42(68)32-67(45)53(72)51(55(3,4)5)63-49(70)33-65-24-22-64(23-25-65)31-37-18-20-66(21-19-37)48-17-15-41(30-60-48)46(69)28-47-56(6,7)54(57(47,8)9)73-43-16-14-40(29-59)44(58)27-43/h10-17,27,30,34-35,37,42,45,47,51,54,68H,18-26,28,31-33H2,1-9H3,(H,62,71)(H,63,70)/t35-,42+,45-,47?,51+,54?/m0/s1. The zero-order valence-corrected chi connectivity index (χ0v) is 46.1. The Labute approximate surface area is 446 Å². The number of carbonyl (C=O) groups is 4. The number of aromatic nitrogens is 2. The maximum Gasteiger partial charge on any atom is 0.246 e. The molecule has 0 spiro atoms. The lowest BCUT2D eigenvalue weighted by atomic mass is 9.44. The van der Waals surface area contributed by atoms with Gasteiger partial charge in [-0.2, -0.15) is 5.26 Å². The third-order valence-corrected chi connectivity index (χ3v) is 17.6. The normalized spacial score (nSPS) is 23.1. The van der Waals surface area contributed by atoms with Gasteiger partial charge in [0.15, 0.2) is 5.78 Å². The molecule has 1 saturated carbocycles.